The largest absolute Gasteiger partial charge is 0.416 e. The molecule has 38 heavy (non-hydrogen) atoms. The zero-order valence-electron chi connectivity index (χ0n) is 22.9. The fourth-order valence-electron chi connectivity index (χ4n) is 4.21. The van der Waals surface area contributed by atoms with E-state index in [1.165, 1.54) is 35.0 Å². The van der Waals surface area contributed by atoms with Crippen molar-refractivity contribution in [2.45, 2.75) is 45.3 Å². The minimum Gasteiger partial charge on any atom is -0.416 e. The van der Waals surface area contributed by atoms with Gasteiger partial charge in [-0.3, -0.25) is 0 Å². The average molecular weight is 545 g/mol. The number of hydrogen-bond donors (Lipinski definition) is 0. The molecule has 7 nitrogen and oxygen atoms in total. The van der Waals surface area contributed by atoms with Crippen molar-refractivity contribution in [3.8, 4) is 0 Å². The van der Waals surface area contributed by atoms with Crippen molar-refractivity contribution in [1.82, 2.24) is 4.98 Å². The lowest BCUT2D eigenvalue weighted by atomic mass is 10.1. The summed E-state index contributed by atoms with van der Waals surface area (Å²) in [7, 11) is 2.49. The Labute approximate surface area is 230 Å². The second kappa shape index (κ2) is 13.0. The molecule has 1 aromatic heterocycles. The van der Waals surface area contributed by atoms with Gasteiger partial charge in [0, 0.05) is 26.4 Å². The van der Waals surface area contributed by atoms with Gasteiger partial charge in [-0.1, -0.05) is 44.2 Å². The molecular formula is C29H36N6OSSi. The van der Waals surface area contributed by atoms with E-state index in [0.717, 1.165) is 46.0 Å². The summed E-state index contributed by atoms with van der Waals surface area (Å²) in [6.45, 7) is 7.59. The Kier molecular flexibility index (Phi) is 9.49. The summed E-state index contributed by atoms with van der Waals surface area (Å²) < 4.78 is 7.38. The lowest BCUT2D eigenvalue weighted by molar-refractivity contribution is 0.303. The zero-order valence-corrected chi connectivity index (χ0v) is 24.7. The third kappa shape index (κ3) is 7.18. The number of fused-ring (bicyclic) bond motifs is 1. The summed E-state index contributed by atoms with van der Waals surface area (Å²) >= 11 is 1.49. The predicted molar refractivity (Wildman–Crippen MR) is 162 cm³/mol. The molecule has 0 amide bonds. The Morgan fingerprint density at radius 1 is 0.763 bits per heavy atom. The molecule has 0 spiro atoms. The molecule has 4 rings (SSSR count). The van der Waals surface area contributed by atoms with Gasteiger partial charge in [0.25, 0.3) is 0 Å². The maximum Gasteiger partial charge on any atom is 0.231 e. The van der Waals surface area contributed by atoms with Gasteiger partial charge in [0.15, 0.2) is 8.32 Å². The Bertz CT molecular complexity index is 1370. The molecule has 3 aromatic carbocycles. The quantitative estimate of drug-likeness (QED) is 0.132. The van der Waals surface area contributed by atoms with Crippen molar-refractivity contribution < 1.29 is 4.43 Å². The smallest absolute Gasteiger partial charge is 0.231 e. The SMILES string of the molecule is CC[Si](CC)(CC)OCCc1ccc(N=Nc2ccc3nc(N=Nc4ccc(N(C)C)cc4)sc3c2)cc1. The van der Waals surface area contributed by atoms with Gasteiger partial charge in [0.1, 0.15) is 0 Å². The molecule has 0 fully saturated rings. The van der Waals surface area contributed by atoms with Crippen LogP contribution in [0.1, 0.15) is 26.3 Å². The van der Waals surface area contributed by atoms with Crippen molar-refractivity contribution in [1.29, 1.82) is 0 Å². The predicted octanol–water partition coefficient (Wildman–Crippen LogP) is 9.76. The molecule has 0 radical (unpaired) electrons. The van der Waals surface area contributed by atoms with E-state index >= 15 is 0 Å². The Morgan fingerprint density at radius 2 is 1.34 bits per heavy atom. The first-order valence-electron chi connectivity index (χ1n) is 13.2. The van der Waals surface area contributed by atoms with E-state index in [4.69, 9.17) is 4.43 Å². The van der Waals surface area contributed by atoms with E-state index in [1.54, 1.807) is 0 Å². The van der Waals surface area contributed by atoms with Crippen LogP contribution < -0.4 is 4.90 Å². The van der Waals surface area contributed by atoms with Crippen LogP contribution in [-0.2, 0) is 10.8 Å². The maximum absolute atomic E-state index is 6.38. The molecule has 0 unspecified atom stereocenters. The van der Waals surface area contributed by atoms with Gasteiger partial charge < -0.3 is 9.33 Å². The molecule has 0 saturated carbocycles. The highest BCUT2D eigenvalue weighted by atomic mass is 32.1. The lowest BCUT2D eigenvalue weighted by Crippen LogP contribution is -2.36. The minimum absolute atomic E-state index is 0.613. The van der Waals surface area contributed by atoms with E-state index < -0.39 is 8.32 Å². The molecule has 0 aliphatic carbocycles. The number of rotatable bonds is 12. The topological polar surface area (TPSA) is 74.8 Å². The number of aromatic nitrogens is 1. The van der Waals surface area contributed by atoms with Gasteiger partial charge >= 0.3 is 0 Å². The summed E-state index contributed by atoms with van der Waals surface area (Å²) in [5, 5.41) is 18.1. The number of azo groups is 2. The number of benzene rings is 3. The first kappa shape index (κ1) is 27.8. The molecule has 0 saturated heterocycles. The summed E-state index contributed by atoms with van der Waals surface area (Å²) in [6, 6.07) is 25.6. The molecule has 0 aliphatic heterocycles. The van der Waals surface area contributed by atoms with Crippen LogP contribution in [0.2, 0.25) is 18.1 Å². The molecule has 4 aromatic rings. The van der Waals surface area contributed by atoms with Gasteiger partial charge in [-0.2, -0.15) is 10.2 Å². The monoisotopic (exact) mass is 544 g/mol. The van der Waals surface area contributed by atoms with Crippen LogP contribution in [0.4, 0.5) is 27.9 Å². The second-order valence-corrected chi connectivity index (χ2v) is 15.3. The van der Waals surface area contributed by atoms with Crippen molar-refractivity contribution >= 4 is 57.8 Å². The number of nitrogens with zero attached hydrogens (tertiary/aromatic N) is 6. The summed E-state index contributed by atoms with van der Waals surface area (Å²) in [5.74, 6) is 0. The van der Waals surface area contributed by atoms with Crippen molar-refractivity contribution in [3.05, 3.63) is 72.3 Å². The summed E-state index contributed by atoms with van der Waals surface area (Å²) in [5.41, 5.74) is 5.65. The Morgan fingerprint density at radius 3 is 1.97 bits per heavy atom. The fourth-order valence-corrected chi connectivity index (χ4v) is 7.68. The van der Waals surface area contributed by atoms with E-state index in [0.29, 0.717) is 5.13 Å². The van der Waals surface area contributed by atoms with Crippen molar-refractivity contribution in [2.24, 2.45) is 20.5 Å². The van der Waals surface area contributed by atoms with E-state index in [9.17, 15) is 0 Å². The van der Waals surface area contributed by atoms with Gasteiger partial charge in [0.05, 0.1) is 27.3 Å². The fraction of sp³-hybridized carbons (Fsp3) is 0.345. The first-order chi connectivity index (χ1) is 18.4. The standard InChI is InChI=1S/C29H36N6OSSi/c1-6-38(7-2,8-3)36-20-19-22-9-11-23(12-10-22)31-33-25-15-18-27-28(21-25)37-29(30-27)34-32-24-13-16-26(17-14-24)35(4)5/h9-18,21H,6-8,19-20H2,1-5H3. The maximum atomic E-state index is 6.38. The molecule has 0 aliphatic rings. The molecule has 9 heteroatoms. The van der Waals surface area contributed by atoms with Gasteiger partial charge in [0.2, 0.25) is 5.13 Å². The van der Waals surface area contributed by atoms with Gasteiger partial charge in [-0.25, -0.2) is 4.98 Å². The summed E-state index contributed by atoms with van der Waals surface area (Å²) in [4.78, 5) is 6.62. The normalized spacial score (nSPS) is 12.2. The molecule has 0 atom stereocenters. The van der Waals surface area contributed by atoms with E-state index in [2.05, 4.69) is 58.3 Å². The van der Waals surface area contributed by atoms with Crippen LogP contribution in [0.5, 0.6) is 0 Å². The van der Waals surface area contributed by atoms with Crippen LogP contribution in [-0.4, -0.2) is 34.0 Å². The van der Waals surface area contributed by atoms with Crippen molar-refractivity contribution in [2.75, 3.05) is 25.6 Å². The highest BCUT2D eigenvalue weighted by Gasteiger charge is 2.28. The highest BCUT2D eigenvalue weighted by Crippen LogP contribution is 2.33. The Balaban J connectivity index is 1.36. The molecular weight excluding hydrogens is 509 g/mol. The molecule has 198 valence electrons. The van der Waals surface area contributed by atoms with Gasteiger partial charge in [-0.05, 0) is 84.7 Å². The van der Waals surface area contributed by atoms with E-state index in [-0.39, 0.29) is 0 Å². The number of thiazole rings is 1. The Hall–Kier alpha value is -3.27. The third-order valence-corrected chi connectivity index (χ3v) is 12.5. The summed E-state index contributed by atoms with van der Waals surface area (Å²) in [6.07, 6.45) is 0.926. The number of anilines is 1. The zero-order chi connectivity index (χ0) is 27.0. The van der Waals surface area contributed by atoms with Crippen molar-refractivity contribution in [3.63, 3.8) is 0 Å². The van der Waals surface area contributed by atoms with Crippen LogP contribution in [0.15, 0.2) is 87.2 Å². The van der Waals surface area contributed by atoms with Crippen LogP contribution in [0.3, 0.4) is 0 Å². The molecule has 0 bridgehead atoms. The van der Waals surface area contributed by atoms with Crippen LogP contribution in [0, 0.1) is 0 Å². The minimum atomic E-state index is -1.53. The van der Waals surface area contributed by atoms with Gasteiger partial charge in [-0.15, -0.1) is 10.2 Å². The lowest BCUT2D eigenvalue weighted by Gasteiger charge is -2.27. The third-order valence-electron chi connectivity index (χ3n) is 6.93. The van der Waals surface area contributed by atoms with Crippen LogP contribution >= 0.6 is 11.3 Å². The average Bonchev–Trinajstić information content (AvgIpc) is 3.36. The van der Waals surface area contributed by atoms with E-state index in [1.807, 2.05) is 73.6 Å². The molecule has 0 N–H and O–H groups in total. The molecule has 1 heterocycles. The second-order valence-electron chi connectivity index (χ2n) is 9.47. The first-order valence-corrected chi connectivity index (χ1v) is 16.5. The highest BCUT2D eigenvalue weighted by molar-refractivity contribution is 7.21. The van der Waals surface area contributed by atoms with Crippen LogP contribution in [0.25, 0.3) is 10.2 Å². The number of hydrogen-bond acceptors (Lipinski definition) is 8.